The number of carbonyl (C=O) groups excluding carboxylic acids is 2. The van der Waals surface area contributed by atoms with Crippen molar-refractivity contribution in [1.82, 2.24) is 10.2 Å². The van der Waals surface area contributed by atoms with Crippen LogP contribution >= 0.6 is 0 Å². The van der Waals surface area contributed by atoms with Gasteiger partial charge in [0.1, 0.15) is 0 Å². The zero-order valence-electron chi connectivity index (χ0n) is 27.8. The van der Waals surface area contributed by atoms with E-state index in [1.807, 2.05) is 17.0 Å². The molecule has 1 saturated heterocycles. The zero-order chi connectivity index (χ0) is 31.6. The Morgan fingerprint density at radius 1 is 0.911 bits per heavy atom. The third kappa shape index (κ3) is 4.99. The van der Waals surface area contributed by atoms with Crippen molar-refractivity contribution < 1.29 is 19.5 Å². The number of aromatic carboxylic acids is 1. The van der Waals surface area contributed by atoms with Crippen LogP contribution in [0.3, 0.4) is 0 Å². The van der Waals surface area contributed by atoms with Gasteiger partial charge in [0.05, 0.1) is 11.0 Å². The Hall–Kier alpha value is -2.63. The summed E-state index contributed by atoms with van der Waals surface area (Å²) >= 11 is 0. The lowest BCUT2D eigenvalue weighted by molar-refractivity contribution is -0.151. The molecule has 5 aliphatic carbocycles. The molecule has 1 aliphatic heterocycles. The molecule has 1 aromatic rings. The van der Waals surface area contributed by atoms with Gasteiger partial charge in [0.25, 0.3) is 0 Å². The summed E-state index contributed by atoms with van der Waals surface area (Å²) < 4.78 is 0. The highest BCUT2D eigenvalue weighted by Crippen LogP contribution is 2.69. The Balaban J connectivity index is 1.04. The number of hydrogen-bond donors (Lipinski definition) is 2. The molecule has 4 saturated carbocycles. The number of allylic oxidation sites excluding steroid dienone is 2. The Morgan fingerprint density at radius 3 is 2.40 bits per heavy atom. The predicted molar refractivity (Wildman–Crippen MR) is 176 cm³/mol. The van der Waals surface area contributed by atoms with E-state index in [9.17, 15) is 19.5 Å². The van der Waals surface area contributed by atoms with Gasteiger partial charge in [-0.2, -0.15) is 0 Å². The van der Waals surface area contributed by atoms with Crippen molar-refractivity contribution in [1.29, 1.82) is 0 Å². The van der Waals surface area contributed by atoms with Crippen LogP contribution in [0, 0.1) is 51.8 Å². The summed E-state index contributed by atoms with van der Waals surface area (Å²) in [6, 6.07) is 7.53. The molecule has 1 aromatic carbocycles. The molecule has 0 aromatic heterocycles. The molecule has 5 fully saturated rings. The van der Waals surface area contributed by atoms with Gasteiger partial charge in [-0.3, -0.25) is 9.59 Å². The fourth-order valence-corrected chi connectivity index (χ4v) is 12.5. The number of carboxylic acid groups (broad SMARTS) is 1. The molecule has 6 unspecified atom stereocenters. The number of nitrogens with one attached hydrogen (secondary N) is 1. The zero-order valence-corrected chi connectivity index (χ0v) is 27.8. The minimum absolute atomic E-state index is 0.0346. The molecule has 7 rings (SSSR count). The molecule has 1 heterocycles. The van der Waals surface area contributed by atoms with Gasteiger partial charge in [0.2, 0.25) is 11.8 Å². The molecule has 2 N–H and O–H groups in total. The fraction of sp³-hybridized carbons (Fsp3) is 0.718. The Morgan fingerprint density at radius 2 is 1.67 bits per heavy atom. The normalized spacial score (nSPS) is 38.4. The van der Waals surface area contributed by atoms with Crippen LogP contribution in [0.1, 0.15) is 120 Å². The molecule has 0 bridgehead atoms. The summed E-state index contributed by atoms with van der Waals surface area (Å²) in [6.07, 6.45) is 17.0. The number of hydrogen-bond acceptors (Lipinski definition) is 3. The average Bonchev–Trinajstić information content (AvgIpc) is 3.65. The first-order valence-corrected chi connectivity index (χ1v) is 18.2. The number of nitrogens with zero attached hydrogens (tertiary/aromatic N) is 1. The van der Waals surface area contributed by atoms with Crippen LogP contribution in [0.15, 0.2) is 30.3 Å². The van der Waals surface area contributed by atoms with E-state index in [2.05, 4.69) is 32.2 Å². The first-order chi connectivity index (χ1) is 21.6. The van der Waals surface area contributed by atoms with Gasteiger partial charge in [0.15, 0.2) is 0 Å². The lowest BCUT2D eigenvalue weighted by Crippen LogP contribution is -2.58. The van der Waals surface area contributed by atoms with Crippen LogP contribution in [0.4, 0.5) is 0 Å². The Labute approximate surface area is 269 Å². The van der Waals surface area contributed by atoms with E-state index in [0.717, 1.165) is 62.9 Å². The van der Waals surface area contributed by atoms with Crippen molar-refractivity contribution in [2.45, 2.75) is 104 Å². The van der Waals surface area contributed by atoms with Gasteiger partial charge in [-0.1, -0.05) is 45.4 Å². The minimum Gasteiger partial charge on any atom is -0.478 e. The van der Waals surface area contributed by atoms with Gasteiger partial charge >= 0.3 is 5.97 Å². The van der Waals surface area contributed by atoms with E-state index in [1.165, 1.54) is 56.1 Å². The first kappa shape index (κ1) is 31.0. The highest BCUT2D eigenvalue weighted by atomic mass is 16.4. The SMILES string of the molecule is CC1(C)C(c2ccc(C(=O)O)cc2)=CC[C@]2(C)C3CCC4C(CC[C@@]5(C(=O)NCCCN6CCCC6=O)CCCC45)C3CCC12. The second-order valence-electron chi connectivity index (χ2n) is 16.5. The molecule has 6 aliphatic rings. The number of fused-ring (bicyclic) bond motifs is 7. The van der Waals surface area contributed by atoms with E-state index in [1.54, 1.807) is 12.1 Å². The molecule has 0 spiro atoms. The standard InChI is InChI=1S/C39H54N2O4/c1-37(2)30(25-9-11-26(12-10-25)35(43)44)18-20-38(3)31-15-13-29-27(28(31)14-16-33(37)38)17-21-39(19-4-7-32(29)39)36(45)40-22-6-24-41-23-5-8-34(41)42/h9-12,18,27-29,31-33H,4-8,13-17,19-24H2,1-3H3,(H,40,45)(H,43,44)/t27?,28?,29?,31?,32?,33?,38-,39+/m1/s1. The molecular weight excluding hydrogens is 560 g/mol. The molecule has 244 valence electrons. The summed E-state index contributed by atoms with van der Waals surface area (Å²) in [7, 11) is 0. The molecule has 6 heteroatoms. The van der Waals surface area contributed by atoms with Crippen molar-refractivity contribution in [3.05, 3.63) is 41.5 Å². The first-order valence-electron chi connectivity index (χ1n) is 18.2. The summed E-state index contributed by atoms with van der Waals surface area (Å²) in [5.41, 5.74) is 3.05. The second-order valence-corrected chi connectivity index (χ2v) is 16.5. The summed E-state index contributed by atoms with van der Waals surface area (Å²) in [6.45, 7) is 9.81. The van der Waals surface area contributed by atoms with Crippen LogP contribution in [0.2, 0.25) is 0 Å². The summed E-state index contributed by atoms with van der Waals surface area (Å²) in [5.74, 6) is 3.80. The third-order valence-corrected chi connectivity index (χ3v) is 14.4. The number of likely N-dealkylation sites (tertiary alicyclic amines) is 1. The molecule has 8 atom stereocenters. The van der Waals surface area contributed by atoms with Crippen LogP contribution in [-0.2, 0) is 9.59 Å². The predicted octanol–water partition coefficient (Wildman–Crippen LogP) is 7.58. The van der Waals surface area contributed by atoms with Crippen LogP contribution < -0.4 is 5.32 Å². The van der Waals surface area contributed by atoms with Crippen LogP contribution in [0.25, 0.3) is 5.57 Å². The molecule has 0 radical (unpaired) electrons. The highest BCUT2D eigenvalue weighted by Gasteiger charge is 2.62. The molecule has 45 heavy (non-hydrogen) atoms. The average molecular weight is 615 g/mol. The van der Waals surface area contributed by atoms with E-state index >= 15 is 0 Å². The largest absolute Gasteiger partial charge is 0.478 e. The minimum atomic E-state index is -0.871. The van der Waals surface area contributed by atoms with Crippen molar-refractivity contribution in [3.8, 4) is 0 Å². The third-order valence-electron chi connectivity index (χ3n) is 14.4. The fourth-order valence-electron chi connectivity index (χ4n) is 12.5. The van der Waals surface area contributed by atoms with Gasteiger partial charge in [-0.05, 0) is 140 Å². The van der Waals surface area contributed by atoms with Crippen LogP contribution in [-0.4, -0.2) is 47.4 Å². The maximum absolute atomic E-state index is 13.9. The lowest BCUT2D eigenvalue weighted by atomic mass is 9.40. The van der Waals surface area contributed by atoms with Gasteiger partial charge < -0.3 is 15.3 Å². The highest BCUT2D eigenvalue weighted by molar-refractivity contribution is 5.88. The maximum atomic E-state index is 13.9. The molecular formula is C39H54N2O4. The van der Waals surface area contributed by atoms with E-state index in [4.69, 9.17) is 0 Å². The van der Waals surface area contributed by atoms with Gasteiger partial charge in [-0.25, -0.2) is 4.79 Å². The molecule has 2 amide bonds. The summed E-state index contributed by atoms with van der Waals surface area (Å²) in [4.78, 5) is 39.3. The second kappa shape index (κ2) is 11.6. The maximum Gasteiger partial charge on any atom is 0.335 e. The van der Waals surface area contributed by atoms with Gasteiger partial charge in [-0.15, -0.1) is 0 Å². The van der Waals surface area contributed by atoms with Gasteiger partial charge in [0, 0.05) is 26.1 Å². The van der Waals surface area contributed by atoms with Crippen LogP contribution in [0.5, 0.6) is 0 Å². The van der Waals surface area contributed by atoms with Crippen molar-refractivity contribution in [2.24, 2.45) is 51.8 Å². The van der Waals surface area contributed by atoms with Crippen molar-refractivity contribution in [2.75, 3.05) is 19.6 Å². The van der Waals surface area contributed by atoms with E-state index in [0.29, 0.717) is 42.2 Å². The quantitative estimate of drug-likeness (QED) is 0.310. The number of carbonyl (C=O) groups is 3. The molecule has 6 nitrogen and oxygen atoms in total. The summed E-state index contributed by atoms with van der Waals surface area (Å²) in [5, 5.41) is 12.8. The Kier molecular flexibility index (Phi) is 7.96. The Bertz CT molecular complexity index is 1370. The van der Waals surface area contributed by atoms with Crippen molar-refractivity contribution in [3.63, 3.8) is 0 Å². The van der Waals surface area contributed by atoms with Crippen molar-refractivity contribution >= 4 is 23.4 Å². The number of carboxylic acids is 1. The van der Waals surface area contributed by atoms with E-state index < -0.39 is 5.97 Å². The monoisotopic (exact) mass is 614 g/mol. The van der Waals surface area contributed by atoms with E-state index in [-0.39, 0.29) is 22.2 Å². The number of amides is 2. The lowest BCUT2D eigenvalue weighted by Gasteiger charge is -2.64. The number of benzene rings is 1. The smallest absolute Gasteiger partial charge is 0.335 e. The number of rotatable bonds is 7. The topological polar surface area (TPSA) is 86.7 Å².